The highest BCUT2D eigenvalue weighted by atomic mass is 16.5. The van der Waals surface area contributed by atoms with Crippen molar-refractivity contribution in [2.24, 2.45) is 0 Å². The van der Waals surface area contributed by atoms with E-state index in [0.717, 1.165) is 31.5 Å². The first kappa shape index (κ1) is 13.4. The Morgan fingerprint density at radius 1 is 1.50 bits per heavy atom. The van der Waals surface area contributed by atoms with Gasteiger partial charge in [0.15, 0.2) is 0 Å². The molecule has 1 fully saturated rings. The molecule has 18 heavy (non-hydrogen) atoms. The SMILES string of the molecule is CCCC1(c2cccc(O)c2)CN(C)CC(C)O1. The van der Waals surface area contributed by atoms with E-state index in [1.165, 1.54) is 0 Å². The van der Waals surface area contributed by atoms with Crippen molar-refractivity contribution in [2.75, 3.05) is 20.1 Å². The van der Waals surface area contributed by atoms with E-state index < -0.39 is 0 Å². The molecule has 100 valence electrons. The van der Waals surface area contributed by atoms with E-state index in [-0.39, 0.29) is 11.7 Å². The van der Waals surface area contributed by atoms with Crippen molar-refractivity contribution in [3.63, 3.8) is 0 Å². The van der Waals surface area contributed by atoms with Gasteiger partial charge in [0.2, 0.25) is 0 Å². The number of likely N-dealkylation sites (N-methyl/N-ethyl adjacent to an activating group) is 1. The average Bonchev–Trinajstić information content (AvgIpc) is 2.28. The molecule has 2 unspecified atom stereocenters. The Kier molecular flexibility index (Phi) is 3.93. The van der Waals surface area contributed by atoms with E-state index in [9.17, 15) is 5.11 Å². The molecule has 1 heterocycles. The standard InChI is InChI=1S/C15H23NO2/c1-4-8-15(11-16(3)10-12(2)18-15)13-6-5-7-14(17)9-13/h5-7,9,12,17H,4,8,10-11H2,1-3H3. The minimum absolute atomic E-state index is 0.220. The van der Waals surface area contributed by atoms with Gasteiger partial charge in [-0.05, 0) is 38.1 Å². The lowest BCUT2D eigenvalue weighted by Crippen LogP contribution is -2.51. The number of nitrogens with zero attached hydrogens (tertiary/aromatic N) is 1. The number of rotatable bonds is 3. The van der Waals surface area contributed by atoms with E-state index in [4.69, 9.17) is 4.74 Å². The Balaban J connectivity index is 2.36. The highest BCUT2D eigenvalue weighted by molar-refractivity contribution is 5.32. The topological polar surface area (TPSA) is 32.7 Å². The van der Waals surface area contributed by atoms with Gasteiger partial charge in [-0.1, -0.05) is 25.5 Å². The van der Waals surface area contributed by atoms with Crippen molar-refractivity contribution >= 4 is 0 Å². The second kappa shape index (κ2) is 5.29. The minimum Gasteiger partial charge on any atom is -0.508 e. The maximum absolute atomic E-state index is 9.69. The average molecular weight is 249 g/mol. The molecule has 1 aliphatic rings. The van der Waals surface area contributed by atoms with Crippen LogP contribution in [0.25, 0.3) is 0 Å². The molecular weight excluding hydrogens is 226 g/mol. The van der Waals surface area contributed by atoms with Crippen molar-refractivity contribution in [3.8, 4) is 5.75 Å². The van der Waals surface area contributed by atoms with Crippen molar-refractivity contribution in [1.82, 2.24) is 4.90 Å². The summed E-state index contributed by atoms with van der Waals surface area (Å²) in [5, 5.41) is 9.69. The van der Waals surface area contributed by atoms with Crippen LogP contribution >= 0.6 is 0 Å². The van der Waals surface area contributed by atoms with E-state index in [1.54, 1.807) is 6.07 Å². The summed E-state index contributed by atoms with van der Waals surface area (Å²) in [6.45, 7) is 6.13. The van der Waals surface area contributed by atoms with Gasteiger partial charge in [-0.2, -0.15) is 0 Å². The van der Waals surface area contributed by atoms with Gasteiger partial charge in [0.1, 0.15) is 11.4 Å². The molecule has 0 radical (unpaired) electrons. The third kappa shape index (κ3) is 2.68. The minimum atomic E-state index is -0.278. The van der Waals surface area contributed by atoms with Gasteiger partial charge in [-0.15, -0.1) is 0 Å². The third-order valence-electron chi connectivity index (χ3n) is 3.55. The Labute approximate surface area is 109 Å². The molecule has 3 heteroatoms. The fourth-order valence-corrected chi connectivity index (χ4v) is 3.03. The fourth-order valence-electron chi connectivity index (χ4n) is 3.03. The van der Waals surface area contributed by atoms with Crippen molar-refractivity contribution in [3.05, 3.63) is 29.8 Å². The van der Waals surface area contributed by atoms with E-state index in [1.807, 2.05) is 12.1 Å². The Morgan fingerprint density at radius 2 is 2.28 bits per heavy atom. The molecule has 1 saturated heterocycles. The van der Waals surface area contributed by atoms with Crippen LogP contribution in [0.3, 0.4) is 0 Å². The number of hydrogen-bond acceptors (Lipinski definition) is 3. The summed E-state index contributed by atoms with van der Waals surface area (Å²) < 4.78 is 6.27. The van der Waals surface area contributed by atoms with Gasteiger partial charge in [-0.3, -0.25) is 0 Å². The quantitative estimate of drug-likeness (QED) is 0.894. The molecule has 1 N–H and O–H groups in total. The zero-order valence-electron chi connectivity index (χ0n) is 11.5. The molecule has 3 nitrogen and oxygen atoms in total. The number of hydrogen-bond donors (Lipinski definition) is 1. The predicted octanol–water partition coefficient (Wildman–Crippen LogP) is 2.74. The molecule has 0 spiro atoms. The van der Waals surface area contributed by atoms with Gasteiger partial charge in [0.25, 0.3) is 0 Å². The second-order valence-corrected chi connectivity index (χ2v) is 5.42. The van der Waals surface area contributed by atoms with E-state index in [0.29, 0.717) is 5.75 Å². The van der Waals surface area contributed by atoms with Crippen LogP contribution in [0.2, 0.25) is 0 Å². The number of ether oxygens (including phenoxy) is 1. The number of phenols is 1. The van der Waals surface area contributed by atoms with Crippen molar-refractivity contribution in [2.45, 2.75) is 38.4 Å². The lowest BCUT2D eigenvalue weighted by atomic mass is 9.86. The maximum Gasteiger partial charge on any atom is 0.115 e. The monoisotopic (exact) mass is 249 g/mol. The molecule has 0 amide bonds. The first-order chi connectivity index (χ1) is 8.55. The van der Waals surface area contributed by atoms with Crippen LogP contribution in [-0.4, -0.2) is 36.2 Å². The summed E-state index contributed by atoms with van der Waals surface area (Å²) in [4.78, 5) is 2.31. The summed E-state index contributed by atoms with van der Waals surface area (Å²) in [6.07, 6.45) is 2.26. The zero-order valence-corrected chi connectivity index (χ0v) is 11.5. The van der Waals surface area contributed by atoms with Gasteiger partial charge in [0.05, 0.1) is 6.10 Å². The van der Waals surface area contributed by atoms with Gasteiger partial charge < -0.3 is 14.7 Å². The van der Waals surface area contributed by atoms with Crippen LogP contribution in [-0.2, 0) is 10.3 Å². The van der Waals surface area contributed by atoms with Crippen LogP contribution in [0.4, 0.5) is 0 Å². The van der Waals surface area contributed by atoms with Gasteiger partial charge in [-0.25, -0.2) is 0 Å². The van der Waals surface area contributed by atoms with E-state index >= 15 is 0 Å². The lowest BCUT2D eigenvalue weighted by molar-refractivity contribution is -0.153. The summed E-state index contributed by atoms with van der Waals surface area (Å²) in [5.74, 6) is 0.312. The van der Waals surface area contributed by atoms with Crippen LogP contribution in [0.15, 0.2) is 24.3 Å². The Hall–Kier alpha value is -1.06. The number of morpholine rings is 1. The van der Waals surface area contributed by atoms with Crippen LogP contribution in [0, 0.1) is 0 Å². The predicted molar refractivity (Wildman–Crippen MR) is 72.7 cm³/mol. The largest absolute Gasteiger partial charge is 0.508 e. The van der Waals surface area contributed by atoms with Gasteiger partial charge >= 0.3 is 0 Å². The van der Waals surface area contributed by atoms with Crippen molar-refractivity contribution in [1.29, 1.82) is 0 Å². The normalized spacial score (nSPS) is 29.4. The zero-order chi connectivity index (χ0) is 13.2. The smallest absolute Gasteiger partial charge is 0.115 e. The second-order valence-electron chi connectivity index (χ2n) is 5.42. The molecule has 0 aliphatic carbocycles. The van der Waals surface area contributed by atoms with Crippen LogP contribution in [0.5, 0.6) is 5.75 Å². The maximum atomic E-state index is 9.69. The van der Waals surface area contributed by atoms with E-state index in [2.05, 4.69) is 31.9 Å². The first-order valence-electron chi connectivity index (χ1n) is 6.71. The lowest BCUT2D eigenvalue weighted by Gasteiger charge is -2.45. The molecule has 1 aliphatic heterocycles. The molecule has 0 saturated carbocycles. The fraction of sp³-hybridized carbons (Fsp3) is 0.600. The molecule has 0 aromatic heterocycles. The molecule has 1 aromatic carbocycles. The van der Waals surface area contributed by atoms with Crippen LogP contribution < -0.4 is 0 Å². The third-order valence-corrected chi connectivity index (χ3v) is 3.55. The first-order valence-corrected chi connectivity index (χ1v) is 6.71. The summed E-state index contributed by atoms with van der Waals surface area (Å²) in [7, 11) is 2.13. The molecule has 2 rings (SSSR count). The Morgan fingerprint density at radius 3 is 2.89 bits per heavy atom. The highest BCUT2D eigenvalue weighted by Gasteiger charge is 2.39. The molecule has 0 bridgehead atoms. The molecule has 1 aromatic rings. The molecular formula is C15H23NO2. The number of benzene rings is 1. The summed E-state index contributed by atoms with van der Waals surface area (Å²) in [6, 6.07) is 7.49. The Bertz CT molecular complexity index is 395. The summed E-state index contributed by atoms with van der Waals surface area (Å²) in [5.41, 5.74) is 0.808. The van der Waals surface area contributed by atoms with Crippen molar-refractivity contribution < 1.29 is 9.84 Å². The number of phenolic OH excluding ortho intramolecular Hbond substituents is 1. The molecule has 2 atom stereocenters. The highest BCUT2D eigenvalue weighted by Crippen LogP contribution is 2.37. The number of aromatic hydroxyl groups is 1. The summed E-state index contributed by atoms with van der Waals surface area (Å²) >= 11 is 0. The van der Waals surface area contributed by atoms with Gasteiger partial charge in [0, 0.05) is 13.1 Å². The van der Waals surface area contributed by atoms with Crippen LogP contribution in [0.1, 0.15) is 32.3 Å².